The van der Waals surface area contributed by atoms with Crippen LogP contribution in [0.4, 0.5) is 6.01 Å². The van der Waals surface area contributed by atoms with Crippen LogP contribution < -0.4 is 5.73 Å². The Morgan fingerprint density at radius 3 is 2.65 bits per heavy atom. The minimum Gasteiger partial charge on any atom is -0.403 e. The highest BCUT2D eigenvalue weighted by atomic mass is 16.4. The number of nitrogens with two attached hydrogens (primary N) is 1. The molecule has 0 atom stereocenters. The Bertz CT molecular complexity index is 628. The smallest absolute Gasteiger partial charge is 0.313 e. The minimum atomic E-state index is 0.0486. The van der Waals surface area contributed by atoms with Gasteiger partial charge in [-0.3, -0.25) is 0 Å². The van der Waals surface area contributed by atoms with Crippen LogP contribution in [0.2, 0.25) is 0 Å². The normalized spacial score (nSPS) is 10.6. The number of nitrogens with zero attached hydrogens (tertiary/aromatic N) is 4. The number of nitrogen functional groups attached to an aromatic ring is 1. The standard InChI is InChI=1S/C11H9N5O/c12-11-15-14-10(17-11)8-6-13-16(7-8)9-4-2-1-3-5-9/h1-7H,(H2,12,15). The van der Waals surface area contributed by atoms with Crippen LogP contribution in [0.1, 0.15) is 0 Å². The van der Waals surface area contributed by atoms with Crippen LogP contribution in [-0.2, 0) is 0 Å². The number of hydrogen-bond acceptors (Lipinski definition) is 5. The molecule has 0 radical (unpaired) electrons. The predicted octanol–water partition coefficient (Wildman–Crippen LogP) is 1.50. The van der Waals surface area contributed by atoms with E-state index in [-0.39, 0.29) is 6.01 Å². The van der Waals surface area contributed by atoms with E-state index in [1.165, 1.54) is 0 Å². The number of hydrogen-bond donors (Lipinski definition) is 1. The van der Waals surface area contributed by atoms with Crippen LogP contribution in [0.25, 0.3) is 17.1 Å². The van der Waals surface area contributed by atoms with E-state index < -0.39 is 0 Å². The van der Waals surface area contributed by atoms with E-state index in [2.05, 4.69) is 15.3 Å². The second-order valence-corrected chi connectivity index (χ2v) is 3.45. The Morgan fingerprint density at radius 2 is 1.94 bits per heavy atom. The molecule has 0 amide bonds. The van der Waals surface area contributed by atoms with Crippen LogP contribution in [-0.4, -0.2) is 20.0 Å². The molecule has 0 aliphatic rings. The lowest BCUT2D eigenvalue weighted by Crippen LogP contribution is -1.92. The van der Waals surface area contributed by atoms with E-state index in [4.69, 9.17) is 10.2 Å². The molecule has 84 valence electrons. The Labute approximate surface area is 96.7 Å². The second-order valence-electron chi connectivity index (χ2n) is 3.45. The summed E-state index contributed by atoms with van der Waals surface area (Å²) in [5.74, 6) is 0.365. The van der Waals surface area contributed by atoms with Crippen molar-refractivity contribution in [2.24, 2.45) is 0 Å². The Hall–Kier alpha value is -2.63. The van der Waals surface area contributed by atoms with Gasteiger partial charge in [-0.25, -0.2) is 4.68 Å². The number of para-hydroxylation sites is 1. The zero-order chi connectivity index (χ0) is 11.7. The van der Waals surface area contributed by atoms with Gasteiger partial charge in [0.2, 0.25) is 0 Å². The van der Waals surface area contributed by atoms with E-state index in [1.807, 2.05) is 36.5 Å². The van der Waals surface area contributed by atoms with Gasteiger partial charge < -0.3 is 10.2 Å². The average Bonchev–Trinajstić information content (AvgIpc) is 2.98. The zero-order valence-corrected chi connectivity index (χ0v) is 8.82. The Kier molecular flexibility index (Phi) is 2.11. The third-order valence-electron chi connectivity index (χ3n) is 2.29. The van der Waals surface area contributed by atoms with Gasteiger partial charge in [0.15, 0.2) is 0 Å². The van der Waals surface area contributed by atoms with Crippen molar-refractivity contribution in [2.45, 2.75) is 0 Å². The highest BCUT2D eigenvalue weighted by Crippen LogP contribution is 2.19. The summed E-state index contributed by atoms with van der Waals surface area (Å²) in [4.78, 5) is 0. The van der Waals surface area contributed by atoms with Gasteiger partial charge in [0.25, 0.3) is 5.89 Å². The molecule has 6 heteroatoms. The molecule has 2 heterocycles. The molecule has 0 saturated carbocycles. The summed E-state index contributed by atoms with van der Waals surface area (Å²) in [5, 5.41) is 11.6. The molecule has 2 aromatic heterocycles. The second kappa shape index (κ2) is 3.75. The molecule has 0 fully saturated rings. The molecular formula is C11H9N5O. The maximum absolute atomic E-state index is 5.37. The van der Waals surface area contributed by atoms with E-state index in [0.29, 0.717) is 5.89 Å². The SMILES string of the molecule is Nc1nnc(-c2cnn(-c3ccccc3)c2)o1. The van der Waals surface area contributed by atoms with Crippen molar-refractivity contribution < 1.29 is 4.42 Å². The van der Waals surface area contributed by atoms with Crippen molar-refractivity contribution in [1.82, 2.24) is 20.0 Å². The monoisotopic (exact) mass is 227 g/mol. The summed E-state index contributed by atoms with van der Waals surface area (Å²) in [5.41, 5.74) is 7.06. The lowest BCUT2D eigenvalue weighted by Gasteiger charge is -1.98. The van der Waals surface area contributed by atoms with E-state index in [0.717, 1.165) is 11.3 Å². The topological polar surface area (TPSA) is 82.8 Å². The first kappa shape index (κ1) is 9.59. The molecule has 17 heavy (non-hydrogen) atoms. The van der Waals surface area contributed by atoms with Crippen LogP contribution in [0.5, 0.6) is 0 Å². The lowest BCUT2D eigenvalue weighted by molar-refractivity contribution is 0.590. The average molecular weight is 227 g/mol. The quantitative estimate of drug-likeness (QED) is 0.717. The first-order valence-corrected chi connectivity index (χ1v) is 5.02. The van der Waals surface area contributed by atoms with Gasteiger partial charge in [-0.05, 0) is 12.1 Å². The fraction of sp³-hybridized carbons (Fsp3) is 0. The molecule has 6 nitrogen and oxygen atoms in total. The number of anilines is 1. The molecule has 0 aliphatic heterocycles. The fourth-order valence-corrected chi connectivity index (χ4v) is 1.51. The summed E-state index contributed by atoms with van der Waals surface area (Å²) in [7, 11) is 0. The summed E-state index contributed by atoms with van der Waals surface area (Å²) in [6.07, 6.45) is 3.46. The maximum Gasteiger partial charge on any atom is 0.313 e. The van der Waals surface area contributed by atoms with Gasteiger partial charge in [-0.15, -0.1) is 5.10 Å². The molecule has 1 aromatic carbocycles. The first-order valence-electron chi connectivity index (χ1n) is 5.02. The summed E-state index contributed by atoms with van der Waals surface area (Å²) in [6.45, 7) is 0. The summed E-state index contributed by atoms with van der Waals surface area (Å²) < 4.78 is 6.85. The zero-order valence-electron chi connectivity index (χ0n) is 8.82. The summed E-state index contributed by atoms with van der Waals surface area (Å²) in [6, 6.07) is 9.81. The molecule has 0 unspecified atom stereocenters. The molecule has 0 bridgehead atoms. The Morgan fingerprint density at radius 1 is 1.12 bits per heavy atom. The highest BCUT2D eigenvalue weighted by Gasteiger charge is 2.09. The van der Waals surface area contributed by atoms with Crippen molar-refractivity contribution in [2.75, 3.05) is 5.73 Å². The molecule has 0 spiro atoms. The van der Waals surface area contributed by atoms with Crippen LogP contribution in [0.15, 0.2) is 47.1 Å². The lowest BCUT2D eigenvalue weighted by atomic mass is 10.3. The largest absolute Gasteiger partial charge is 0.403 e. The van der Waals surface area contributed by atoms with Crippen LogP contribution >= 0.6 is 0 Å². The van der Waals surface area contributed by atoms with Gasteiger partial charge in [0, 0.05) is 6.20 Å². The third kappa shape index (κ3) is 1.76. The molecule has 3 aromatic rings. The molecule has 3 rings (SSSR count). The number of rotatable bonds is 2. The van der Waals surface area contributed by atoms with Gasteiger partial charge >= 0.3 is 6.01 Å². The fourth-order valence-electron chi connectivity index (χ4n) is 1.51. The van der Waals surface area contributed by atoms with E-state index in [1.54, 1.807) is 10.9 Å². The maximum atomic E-state index is 5.37. The van der Waals surface area contributed by atoms with Crippen LogP contribution in [0, 0.1) is 0 Å². The predicted molar refractivity (Wildman–Crippen MR) is 61.3 cm³/mol. The van der Waals surface area contributed by atoms with Crippen molar-refractivity contribution in [3.63, 3.8) is 0 Å². The summed E-state index contributed by atoms with van der Waals surface area (Å²) >= 11 is 0. The van der Waals surface area contributed by atoms with Crippen molar-refractivity contribution in [3.05, 3.63) is 42.7 Å². The van der Waals surface area contributed by atoms with Crippen LogP contribution in [0.3, 0.4) is 0 Å². The number of aromatic nitrogens is 4. The van der Waals surface area contributed by atoms with Gasteiger partial charge in [0.1, 0.15) is 0 Å². The first-order chi connectivity index (χ1) is 8.33. The molecule has 0 saturated heterocycles. The van der Waals surface area contributed by atoms with E-state index >= 15 is 0 Å². The highest BCUT2D eigenvalue weighted by molar-refractivity contribution is 5.51. The molecular weight excluding hydrogens is 218 g/mol. The van der Waals surface area contributed by atoms with E-state index in [9.17, 15) is 0 Å². The van der Waals surface area contributed by atoms with Gasteiger partial charge in [-0.2, -0.15) is 5.10 Å². The van der Waals surface area contributed by atoms with Crippen molar-refractivity contribution in [3.8, 4) is 17.1 Å². The van der Waals surface area contributed by atoms with Gasteiger partial charge in [0.05, 0.1) is 17.4 Å². The molecule has 0 aliphatic carbocycles. The van der Waals surface area contributed by atoms with Gasteiger partial charge in [-0.1, -0.05) is 23.3 Å². The minimum absolute atomic E-state index is 0.0486. The van der Waals surface area contributed by atoms with Crippen molar-refractivity contribution >= 4 is 6.01 Å². The number of benzene rings is 1. The Balaban J connectivity index is 1.99. The third-order valence-corrected chi connectivity index (χ3v) is 2.29. The molecule has 2 N–H and O–H groups in total. The van der Waals surface area contributed by atoms with Crippen molar-refractivity contribution in [1.29, 1.82) is 0 Å².